The van der Waals surface area contributed by atoms with Gasteiger partial charge >= 0.3 is 5.97 Å². The van der Waals surface area contributed by atoms with Crippen molar-refractivity contribution in [3.05, 3.63) is 81.9 Å². The predicted octanol–water partition coefficient (Wildman–Crippen LogP) is 7.48. The van der Waals surface area contributed by atoms with Gasteiger partial charge < -0.3 is 9.52 Å². The molecule has 2 aliphatic rings. The quantitative estimate of drug-likeness (QED) is 0.352. The number of hydrogen-bond acceptors (Lipinski definition) is 5. The molecule has 2 fully saturated rings. The number of thioether (sulfide) groups is 1. The van der Waals surface area contributed by atoms with Gasteiger partial charge in [0.1, 0.15) is 11.5 Å². The Hall–Kier alpha value is -3.29. The highest BCUT2D eigenvalue weighted by Crippen LogP contribution is 2.40. The SMILES string of the molecule is C[C@H]1CCCC[C@H]1N1C(=O)/C(=C/c2ccc(-c3ccc(Cl)c(C(=O)O)c3)o2)SC1=Nc1ccccc1. The zero-order valence-corrected chi connectivity index (χ0v) is 21.3. The number of carbonyl (C=O) groups is 2. The molecule has 0 radical (unpaired) electrons. The average Bonchev–Trinajstić information content (AvgIpc) is 3.45. The molecule has 2 heterocycles. The molecule has 1 saturated heterocycles. The van der Waals surface area contributed by atoms with E-state index in [-0.39, 0.29) is 22.5 Å². The lowest BCUT2D eigenvalue weighted by molar-refractivity contribution is -0.124. The van der Waals surface area contributed by atoms with Gasteiger partial charge in [0.15, 0.2) is 5.17 Å². The fraction of sp³-hybridized carbons (Fsp3) is 0.250. The van der Waals surface area contributed by atoms with Crippen molar-refractivity contribution < 1.29 is 19.1 Å². The molecule has 1 aliphatic heterocycles. The van der Waals surface area contributed by atoms with Gasteiger partial charge in [0.2, 0.25) is 0 Å². The van der Waals surface area contributed by atoms with Crippen LogP contribution in [0.2, 0.25) is 5.02 Å². The monoisotopic (exact) mass is 520 g/mol. The largest absolute Gasteiger partial charge is 0.478 e. The smallest absolute Gasteiger partial charge is 0.337 e. The van der Waals surface area contributed by atoms with Gasteiger partial charge in [0.05, 0.1) is 21.2 Å². The van der Waals surface area contributed by atoms with Crippen molar-refractivity contribution in [2.45, 2.75) is 38.6 Å². The van der Waals surface area contributed by atoms with E-state index in [2.05, 4.69) is 6.92 Å². The van der Waals surface area contributed by atoms with Gasteiger partial charge in [0, 0.05) is 17.7 Å². The van der Waals surface area contributed by atoms with Gasteiger partial charge in [-0.3, -0.25) is 9.69 Å². The summed E-state index contributed by atoms with van der Waals surface area (Å²) in [5, 5.41) is 10.2. The highest BCUT2D eigenvalue weighted by Gasteiger charge is 2.41. The number of para-hydroxylation sites is 1. The Morgan fingerprint density at radius 1 is 1.14 bits per heavy atom. The lowest BCUT2D eigenvalue weighted by Gasteiger charge is -2.35. The normalized spacial score (nSPS) is 22.5. The van der Waals surface area contributed by atoms with E-state index < -0.39 is 5.97 Å². The molecule has 36 heavy (non-hydrogen) atoms. The van der Waals surface area contributed by atoms with E-state index in [1.54, 1.807) is 24.3 Å². The molecule has 1 aliphatic carbocycles. The molecule has 1 N–H and O–H groups in total. The van der Waals surface area contributed by atoms with Crippen LogP contribution in [0.25, 0.3) is 17.4 Å². The minimum absolute atomic E-state index is 0.00556. The highest BCUT2D eigenvalue weighted by molar-refractivity contribution is 8.18. The van der Waals surface area contributed by atoms with E-state index in [9.17, 15) is 14.7 Å². The number of aliphatic imine (C=N–C) groups is 1. The van der Waals surface area contributed by atoms with Crippen molar-refractivity contribution in [3.8, 4) is 11.3 Å². The molecule has 184 valence electrons. The van der Waals surface area contributed by atoms with Gasteiger partial charge in [-0.1, -0.05) is 49.6 Å². The second kappa shape index (κ2) is 10.4. The second-order valence-corrected chi connectivity index (χ2v) is 10.5. The topological polar surface area (TPSA) is 83.1 Å². The Labute approximate surface area is 218 Å². The van der Waals surface area contributed by atoms with E-state index in [0.717, 1.165) is 24.9 Å². The molecule has 1 amide bonds. The molecular weight excluding hydrogens is 496 g/mol. The first-order valence-corrected chi connectivity index (χ1v) is 13.1. The van der Waals surface area contributed by atoms with E-state index in [1.165, 1.54) is 30.3 Å². The fourth-order valence-electron chi connectivity index (χ4n) is 4.71. The van der Waals surface area contributed by atoms with Crippen molar-refractivity contribution in [2.75, 3.05) is 0 Å². The molecule has 1 aromatic heterocycles. The van der Waals surface area contributed by atoms with Crippen LogP contribution in [0.3, 0.4) is 0 Å². The summed E-state index contributed by atoms with van der Waals surface area (Å²) in [6.45, 7) is 2.21. The van der Waals surface area contributed by atoms with Crippen molar-refractivity contribution in [1.29, 1.82) is 0 Å². The zero-order chi connectivity index (χ0) is 25.2. The molecule has 1 saturated carbocycles. The van der Waals surface area contributed by atoms with Crippen LogP contribution in [0.1, 0.15) is 48.7 Å². The Balaban J connectivity index is 1.47. The van der Waals surface area contributed by atoms with E-state index in [0.29, 0.717) is 33.1 Å². The Kier molecular flexibility index (Phi) is 7.03. The molecule has 2 atom stereocenters. The maximum atomic E-state index is 13.6. The Morgan fingerprint density at radius 2 is 1.92 bits per heavy atom. The number of benzene rings is 2. The summed E-state index contributed by atoms with van der Waals surface area (Å²) in [5.41, 5.74) is 1.40. The Bertz CT molecular complexity index is 1360. The molecule has 5 rings (SSSR count). The van der Waals surface area contributed by atoms with Crippen LogP contribution in [-0.4, -0.2) is 33.1 Å². The van der Waals surface area contributed by atoms with E-state index in [1.807, 2.05) is 35.2 Å². The zero-order valence-electron chi connectivity index (χ0n) is 19.7. The number of rotatable bonds is 5. The third kappa shape index (κ3) is 4.99. The van der Waals surface area contributed by atoms with Crippen LogP contribution in [0.15, 0.2) is 75.0 Å². The summed E-state index contributed by atoms with van der Waals surface area (Å²) < 4.78 is 5.97. The van der Waals surface area contributed by atoms with Crippen LogP contribution in [-0.2, 0) is 4.79 Å². The van der Waals surface area contributed by atoms with Crippen molar-refractivity contribution in [3.63, 3.8) is 0 Å². The molecule has 2 aromatic carbocycles. The average molecular weight is 521 g/mol. The van der Waals surface area contributed by atoms with Gasteiger partial charge in [-0.25, -0.2) is 9.79 Å². The van der Waals surface area contributed by atoms with Crippen LogP contribution >= 0.6 is 23.4 Å². The first-order valence-electron chi connectivity index (χ1n) is 11.9. The molecule has 0 unspecified atom stereocenters. The first kappa shape index (κ1) is 24.4. The predicted molar refractivity (Wildman–Crippen MR) is 143 cm³/mol. The molecule has 3 aromatic rings. The third-order valence-electron chi connectivity index (χ3n) is 6.60. The maximum Gasteiger partial charge on any atom is 0.337 e. The number of furan rings is 1. The highest BCUT2D eigenvalue weighted by atomic mass is 35.5. The number of amidine groups is 1. The maximum absolute atomic E-state index is 13.6. The number of carboxylic acids is 1. The molecule has 6 nitrogen and oxygen atoms in total. The van der Waals surface area contributed by atoms with Gasteiger partial charge in [0.25, 0.3) is 5.91 Å². The van der Waals surface area contributed by atoms with Crippen molar-refractivity contribution >= 4 is 52.2 Å². The number of hydrogen-bond donors (Lipinski definition) is 1. The van der Waals surface area contributed by atoms with E-state index >= 15 is 0 Å². The van der Waals surface area contributed by atoms with Crippen LogP contribution < -0.4 is 0 Å². The number of aromatic carboxylic acids is 1. The second-order valence-electron chi connectivity index (χ2n) is 9.05. The number of amides is 1. The summed E-state index contributed by atoms with van der Waals surface area (Å²) in [4.78, 5) is 32.3. The molecule has 0 bridgehead atoms. The summed E-state index contributed by atoms with van der Waals surface area (Å²) in [5.74, 6) is 0.224. The van der Waals surface area contributed by atoms with Gasteiger partial charge in [-0.05, 0) is 73.0 Å². The van der Waals surface area contributed by atoms with Crippen LogP contribution in [0.4, 0.5) is 5.69 Å². The first-order chi connectivity index (χ1) is 17.4. The Morgan fingerprint density at radius 3 is 2.67 bits per heavy atom. The van der Waals surface area contributed by atoms with E-state index in [4.69, 9.17) is 21.0 Å². The number of carboxylic acid groups (broad SMARTS) is 1. The lowest BCUT2D eigenvalue weighted by Crippen LogP contribution is -2.44. The van der Waals surface area contributed by atoms with Crippen LogP contribution in [0, 0.1) is 5.92 Å². The number of nitrogens with zero attached hydrogens (tertiary/aromatic N) is 2. The summed E-state index contributed by atoms with van der Waals surface area (Å²) in [6.07, 6.45) is 6.07. The standard InChI is InChI=1S/C28H25ClN2O4S/c1-17-7-5-6-10-23(17)31-26(32)25(36-28(31)30-19-8-3-2-4-9-19)16-20-12-14-24(35-20)18-11-13-22(29)21(15-18)27(33)34/h2-4,8-9,11-17,23H,5-7,10H2,1H3,(H,33,34)/b25-16-,30-28?/t17-,23+/m0/s1. The summed E-state index contributed by atoms with van der Waals surface area (Å²) >= 11 is 7.35. The molecule has 0 spiro atoms. The fourth-order valence-corrected chi connectivity index (χ4v) is 5.93. The number of halogens is 1. The third-order valence-corrected chi connectivity index (χ3v) is 7.91. The lowest BCUT2D eigenvalue weighted by atomic mass is 9.85. The van der Waals surface area contributed by atoms with Crippen molar-refractivity contribution in [2.24, 2.45) is 10.9 Å². The summed E-state index contributed by atoms with van der Waals surface area (Å²) in [6, 6.07) is 18.0. The van der Waals surface area contributed by atoms with Crippen LogP contribution in [0.5, 0.6) is 0 Å². The summed E-state index contributed by atoms with van der Waals surface area (Å²) in [7, 11) is 0. The van der Waals surface area contributed by atoms with Gasteiger partial charge in [-0.15, -0.1) is 0 Å². The van der Waals surface area contributed by atoms with Crippen molar-refractivity contribution in [1.82, 2.24) is 4.90 Å². The molecule has 8 heteroatoms. The molecular formula is C28H25ClN2O4S. The minimum atomic E-state index is -1.11. The van der Waals surface area contributed by atoms with Gasteiger partial charge in [-0.2, -0.15) is 0 Å². The number of carbonyl (C=O) groups excluding carboxylic acids is 1. The minimum Gasteiger partial charge on any atom is -0.478 e.